The van der Waals surface area contributed by atoms with Crippen LogP contribution in [-0.4, -0.2) is 0 Å². The van der Waals surface area contributed by atoms with Gasteiger partial charge in [0, 0.05) is 16.9 Å². The van der Waals surface area contributed by atoms with Crippen LogP contribution in [0.2, 0.25) is 0 Å². The van der Waals surface area contributed by atoms with Crippen LogP contribution in [0.25, 0.3) is 44.5 Å². The van der Waals surface area contributed by atoms with Gasteiger partial charge >= 0.3 is 0 Å². The van der Waals surface area contributed by atoms with Crippen molar-refractivity contribution in [2.75, 3.05) is 4.90 Å². The Kier molecular flexibility index (Phi) is 9.74. The molecule has 0 aliphatic heterocycles. The average Bonchev–Trinajstić information content (AvgIpc) is 3.67. The molecule has 1 nitrogen and oxygen atoms in total. The van der Waals surface area contributed by atoms with Gasteiger partial charge in [-0.05, 0) is 166 Å². The second-order valence-corrected chi connectivity index (χ2v) is 20.1. The molecule has 9 aromatic carbocycles. The normalized spacial score (nSPS) is 20.6. The molecule has 0 spiro atoms. The maximum absolute atomic E-state index is 2.56. The Morgan fingerprint density at radius 1 is 0.373 bits per heavy atom. The van der Waals surface area contributed by atoms with Crippen LogP contribution in [0, 0.1) is 30.6 Å². The minimum Gasteiger partial charge on any atom is -0.310 e. The number of hydrogen-bond acceptors (Lipinski definition) is 1. The highest BCUT2D eigenvalue weighted by atomic mass is 15.1. The summed E-state index contributed by atoms with van der Waals surface area (Å²) in [7, 11) is 0. The predicted molar refractivity (Wildman–Crippen MR) is 279 cm³/mol. The summed E-state index contributed by atoms with van der Waals surface area (Å²) in [4.78, 5) is 2.56. The summed E-state index contributed by atoms with van der Waals surface area (Å²) < 4.78 is 0. The molecule has 5 aliphatic carbocycles. The number of nitrogens with zero attached hydrogens (tertiary/aromatic N) is 1. The fourth-order valence-corrected chi connectivity index (χ4v) is 13.9. The first-order valence-corrected chi connectivity index (χ1v) is 24.7. The van der Waals surface area contributed by atoms with Gasteiger partial charge in [-0.3, -0.25) is 0 Å². The van der Waals surface area contributed by atoms with E-state index in [2.05, 4.69) is 236 Å². The Hall–Kier alpha value is -7.22. The summed E-state index contributed by atoms with van der Waals surface area (Å²) in [6, 6.07) is 84.6. The molecule has 14 rings (SSSR count). The van der Waals surface area contributed by atoms with Gasteiger partial charge < -0.3 is 4.90 Å². The Labute approximate surface area is 396 Å². The van der Waals surface area contributed by atoms with E-state index < -0.39 is 5.41 Å². The van der Waals surface area contributed by atoms with Gasteiger partial charge in [0.25, 0.3) is 0 Å². The van der Waals surface area contributed by atoms with Crippen LogP contribution in [0.5, 0.6) is 0 Å². The molecule has 67 heavy (non-hydrogen) atoms. The molecule has 0 N–H and O–H groups in total. The highest BCUT2D eigenvalue weighted by Gasteiger charge is 2.49. The van der Waals surface area contributed by atoms with E-state index in [1.165, 1.54) is 110 Å². The first-order valence-electron chi connectivity index (χ1n) is 24.7. The molecule has 5 aliphatic rings. The number of para-hydroxylation sites is 1. The quantitative estimate of drug-likeness (QED) is 0.140. The molecule has 0 heterocycles. The van der Waals surface area contributed by atoms with Crippen molar-refractivity contribution in [1.82, 2.24) is 0 Å². The molecule has 4 bridgehead atoms. The molecule has 0 unspecified atom stereocenters. The van der Waals surface area contributed by atoms with E-state index in [4.69, 9.17) is 0 Å². The predicted octanol–water partition coefficient (Wildman–Crippen LogP) is 17.4. The summed E-state index contributed by atoms with van der Waals surface area (Å²) >= 11 is 0. The maximum Gasteiger partial charge on any atom is 0.0714 e. The minimum absolute atomic E-state index is 0.516. The third kappa shape index (κ3) is 6.57. The summed E-state index contributed by atoms with van der Waals surface area (Å²) in [6.07, 6.45) is 7.18. The van der Waals surface area contributed by atoms with Gasteiger partial charge in [0.05, 0.1) is 11.1 Å². The summed E-state index contributed by atoms with van der Waals surface area (Å²) in [5.41, 5.74) is 20.9. The number of fused-ring (bicyclic) bond motifs is 3. The zero-order valence-electron chi connectivity index (χ0n) is 38.2. The number of benzene rings is 9. The van der Waals surface area contributed by atoms with Gasteiger partial charge in [-0.2, -0.15) is 0 Å². The van der Waals surface area contributed by atoms with Gasteiger partial charge in [-0.25, -0.2) is 0 Å². The highest BCUT2D eigenvalue weighted by Crippen LogP contribution is 2.61. The molecule has 324 valence electrons. The van der Waals surface area contributed by atoms with Crippen molar-refractivity contribution < 1.29 is 0 Å². The Balaban J connectivity index is 1.03. The Morgan fingerprint density at radius 3 is 1.45 bits per heavy atom. The van der Waals surface area contributed by atoms with E-state index in [0.29, 0.717) is 5.92 Å². The SMILES string of the molecule is Cc1ccc2c(c1)C(c1ccccc1)(c1ccccc1)c1cc(N(c3ccc(C4C5CC6CC(C5)CC4C6)cc3)c3ccccc3-c3ccccc3-c3ccccc3-c3ccccc3)ccc1-2. The zero-order valence-corrected chi connectivity index (χ0v) is 38.2. The number of anilines is 3. The van der Waals surface area contributed by atoms with Crippen LogP contribution >= 0.6 is 0 Å². The topological polar surface area (TPSA) is 3.24 Å². The summed E-state index contributed by atoms with van der Waals surface area (Å²) in [6.45, 7) is 2.23. The van der Waals surface area contributed by atoms with E-state index >= 15 is 0 Å². The number of aryl methyl sites for hydroxylation is 1. The second-order valence-electron chi connectivity index (χ2n) is 20.1. The molecule has 0 saturated heterocycles. The number of rotatable bonds is 9. The molecule has 4 saturated carbocycles. The van der Waals surface area contributed by atoms with Crippen LogP contribution in [0.4, 0.5) is 17.1 Å². The molecule has 4 fully saturated rings. The lowest BCUT2D eigenvalue weighted by Crippen LogP contribution is -2.43. The van der Waals surface area contributed by atoms with Gasteiger partial charge in [-0.15, -0.1) is 0 Å². The molecule has 9 aromatic rings. The lowest BCUT2D eigenvalue weighted by atomic mass is 9.51. The van der Waals surface area contributed by atoms with Gasteiger partial charge in [-0.1, -0.05) is 200 Å². The standard InChI is InChI=1S/C66H55N/c1-44-29-35-59-60-36-34-54(43-63(60)66(62(59)37-44,51-19-7-3-8-20-51)52-21-9-4-10-22-52)67(53-32-30-48(31-33-53)65-49-39-45-38-46(41-49)42-50(65)40-45)64-28-16-15-27-61(64)58-26-14-13-25-57(58)56-24-12-11-23-55(56)47-17-5-2-6-18-47/h2-37,43,45-46,49-50,65H,38-42H2,1H3. The van der Waals surface area contributed by atoms with E-state index in [0.717, 1.165) is 35.0 Å². The van der Waals surface area contributed by atoms with Crippen molar-refractivity contribution in [2.24, 2.45) is 23.7 Å². The first-order chi connectivity index (χ1) is 33.1. The monoisotopic (exact) mass is 861 g/mol. The fraction of sp³-hybridized carbons (Fsp3) is 0.182. The smallest absolute Gasteiger partial charge is 0.0714 e. The van der Waals surface area contributed by atoms with E-state index in [-0.39, 0.29) is 0 Å². The van der Waals surface area contributed by atoms with Crippen molar-refractivity contribution in [1.29, 1.82) is 0 Å². The highest BCUT2D eigenvalue weighted by molar-refractivity contribution is 5.98. The molecular weight excluding hydrogens is 807 g/mol. The van der Waals surface area contributed by atoms with Crippen LogP contribution in [0.1, 0.15) is 71.4 Å². The lowest BCUT2D eigenvalue weighted by molar-refractivity contribution is -0.00277. The van der Waals surface area contributed by atoms with Gasteiger partial charge in [0.2, 0.25) is 0 Å². The van der Waals surface area contributed by atoms with Crippen molar-refractivity contribution in [2.45, 2.75) is 50.4 Å². The Morgan fingerprint density at radius 2 is 0.836 bits per heavy atom. The summed E-state index contributed by atoms with van der Waals surface area (Å²) in [5.74, 6) is 4.27. The molecule has 0 atom stereocenters. The first kappa shape index (κ1) is 40.1. The zero-order chi connectivity index (χ0) is 44.5. The van der Waals surface area contributed by atoms with Crippen molar-refractivity contribution in [3.05, 3.63) is 258 Å². The number of hydrogen-bond donors (Lipinski definition) is 0. The third-order valence-corrected chi connectivity index (χ3v) is 16.4. The lowest BCUT2D eigenvalue weighted by Gasteiger charge is -2.54. The summed E-state index contributed by atoms with van der Waals surface area (Å²) in [5, 5.41) is 0. The molecule has 0 amide bonds. The van der Waals surface area contributed by atoms with Crippen LogP contribution in [0.15, 0.2) is 224 Å². The van der Waals surface area contributed by atoms with Crippen molar-refractivity contribution in [3.8, 4) is 44.5 Å². The fourth-order valence-electron chi connectivity index (χ4n) is 13.9. The van der Waals surface area contributed by atoms with Crippen molar-refractivity contribution >= 4 is 17.1 Å². The van der Waals surface area contributed by atoms with E-state index in [1.54, 1.807) is 5.56 Å². The maximum atomic E-state index is 2.56. The second kappa shape index (κ2) is 16.3. The average molecular weight is 862 g/mol. The molecule has 0 radical (unpaired) electrons. The van der Waals surface area contributed by atoms with Gasteiger partial charge in [0.15, 0.2) is 0 Å². The third-order valence-electron chi connectivity index (χ3n) is 16.4. The van der Waals surface area contributed by atoms with Crippen LogP contribution in [-0.2, 0) is 5.41 Å². The van der Waals surface area contributed by atoms with E-state index in [1.807, 2.05) is 0 Å². The van der Waals surface area contributed by atoms with E-state index in [9.17, 15) is 0 Å². The molecule has 0 aromatic heterocycles. The van der Waals surface area contributed by atoms with Crippen LogP contribution in [0.3, 0.4) is 0 Å². The molecular formula is C66H55N. The Bertz CT molecular complexity index is 3190. The minimum atomic E-state index is -0.516. The van der Waals surface area contributed by atoms with Gasteiger partial charge in [0.1, 0.15) is 0 Å². The largest absolute Gasteiger partial charge is 0.310 e. The van der Waals surface area contributed by atoms with Crippen LogP contribution < -0.4 is 4.90 Å². The van der Waals surface area contributed by atoms with Crippen molar-refractivity contribution in [3.63, 3.8) is 0 Å². The molecule has 1 heteroatoms.